The summed E-state index contributed by atoms with van der Waals surface area (Å²) in [6.45, 7) is 2.04. The van der Waals surface area contributed by atoms with Crippen molar-refractivity contribution in [2.45, 2.75) is 187 Å². The first-order chi connectivity index (χ1) is 28.3. The van der Waals surface area contributed by atoms with Crippen LogP contribution in [-0.2, 0) is 32.7 Å². The Morgan fingerprint density at radius 1 is 0.483 bits per heavy atom. The quantitative estimate of drug-likeness (QED) is 0.0235. The third-order valence-electron chi connectivity index (χ3n) is 9.15. The Labute approximate surface area is 352 Å². The van der Waals surface area contributed by atoms with E-state index in [1.165, 1.54) is 32.1 Å². The minimum Gasteiger partial charge on any atom is -0.457 e. The van der Waals surface area contributed by atoms with Crippen LogP contribution < -0.4 is 0 Å². The third kappa shape index (κ3) is 40.2. The lowest BCUT2D eigenvalue weighted by Crippen LogP contribution is -2.28. The molecule has 3 unspecified atom stereocenters. The van der Waals surface area contributed by atoms with Gasteiger partial charge in [-0.3, -0.25) is 18.6 Å². The van der Waals surface area contributed by atoms with Gasteiger partial charge in [0.15, 0.2) is 0 Å². The molecule has 10 nitrogen and oxygen atoms in total. The van der Waals surface area contributed by atoms with Gasteiger partial charge < -0.3 is 24.6 Å². The first-order valence-corrected chi connectivity index (χ1v) is 23.9. The fraction of sp³-hybridized carbons (Fsp3) is 0.702. The zero-order valence-corrected chi connectivity index (χ0v) is 37.1. The molecule has 3 atom stereocenters. The van der Waals surface area contributed by atoms with E-state index in [2.05, 4.69) is 86.8 Å². The lowest BCUT2D eigenvalue weighted by molar-refractivity contribution is -0.153. The number of aliphatic hydroxyl groups excluding tert-OH is 2. The van der Waals surface area contributed by atoms with Gasteiger partial charge in [0.2, 0.25) is 0 Å². The maximum absolute atomic E-state index is 12.4. The molecule has 0 amide bonds. The van der Waals surface area contributed by atoms with Crippen molar-refractivity contribution in [3.05, 3.63) is 72.9 Å². The van der Waals surface area contributed by atoms with E-state index >= 15 is 0 Å². The van der Waals surface area contributed by atoms with Crippen LogP contribution in [0.4, 0.5) is 0 Å². The molecule has 0 radical (unpaired) electrons. The maximum atomic E-state index is 12.4. The highest BCUT2D eigenvalue weighted by Gasteiger charge is 2.27. The Balaban J connectivity index is 3.97. The molecular formula is C47H81O10P. The van der Waals surface area contributed by atoms with E-state index < -0.39 is 58.4 Å². The number of carbonyl (C=O) groups excluding carboxylic acids is 2. The van der Waals surface area contributed by atoms with Crippen molar-refractivity contribution in [2.75, 3.05) is 26.4 Å². The van der Waals surface area contributed by atoms with Crippen LogP contribution in [-0.4, -0.2) is 65.7 Å². The highest BCUT2D eigenvalue weighted by atomic mass is 31.2. The molecule has 11 heteroatoms. The SMILES string of the molecule is CC/C=C\C/C=C\C/C=C\C/C=C\CCCCCCCCC(=O)OC(CO)COP(=O)(O)OCC(CO)OC(=O)CCCCCCC/C=C\C/C=C\CCCCCC. The Morgan fingerprint density at radius 2 is 0.810 bits per heavy atom. The van der Waals surface area contributed by atoms with Crippen molar-refractivity contribution in [1.82, 2.24) is 0 Å². The summed E-state index contributed by atoms with van der Waals surface area (Å²) in [5.74, 6) is -1.05. The van der Waals surface area contributed by atoms with Crippen LogP contribution in [0, 0.1) is 0 Å². The fourth-order valence-electron chi connectivity index (χ4n) is 5.72. The summed E-state index contributed by atoms with van der Waals surface area (Å²) >= 11 is 0. The first kappa shape index (κ1) is 55.4. The second kappa shape index (κ2) is 42.5. The number of hydrogen-bond donors (Lipinski definition) is 3. The van der Waals surface area contributed by atoms with Gasteiger partial charge in [-0.2, -0.15) is 0 Å². The van der Waals surface area contributed by atoms with Crippen molar-refractivity contribution >= 4 is 19.8 Å². The van der Waals surface area contributed by atoms with Gasteiger partial charge in [0, 0.05) is 12.8 Å². The monoisotopic (exact) mass is 837 g/mol. The molecule has 0 aliphatic carbocycles. The van der Waals surface area contributed by atoms with Crippen molar-refractivity contribution in [2.24, 2.45) is 0 Å². The zero-order valence-electron chi connectivity index (χ0n) is 36.2. The minimum absolute atomic E-state index is 0.171. The predicted molar refractivity (Wildman–Crippen MR) is 237 cm³/mol. The van der Waals surface area contributed by atoms with E-state index in [0.29, 0.717) is 12.8 Å². The molecule has 0 bridgehead atoms. The number of phosphoric acid groups is 1. The molecule has 0 fully saturated rings. The third-order valence-corrected chi connectivity index (χ3v) is 10.1. The number of esters is 2. The molecule has 3 N–H and O–H groups in total. The van der Waals surface area contributed by atoms with Gasteiger partial charge in [0.1, 0.15) is 12.2 Å². The van der Waals surface area contributed by atoms with Crippen LogP contribution in [0.3, 0.4) is 0 Å². The second-order valence-corrected chi connectivity index (χ2v) is 16.1. The molecule has 0 rings (SSSR count). The number of aliphatic hydroxyl groups is 2. The number of allylic oxidation sites excluding steroid dienone is 12. The summed E-state index contributed by atoms with van der Waals surface area (Å²) in [5.41, 5.74) is 0. The molecule has 0 spiro atoms. The smallest absolute Gasteiger partial charge is 0.457 e. The van der Waals surface area contributed by atoms with Crippen LogP contribution >= 0.6 is 7.82 Å². The van der Waals surface area contributed by atoms with Crippen LogP contribution in [0.5, 0.6) is 0 Å². The fourth-order valence-corrected chi connectivity index (χ4v) is 6.51. The predicted octanol–water partition coefficient (Wildman–Crippen LogP) is 12.1. The van der Waals surface area contributed by atoms with Crippen molar-refractivity contribution in [3.63, 3.8) is 0 Å². The van der Waals surface area contributed by atoms with Crippen LogP contribution in [0.1, 0.15) is 174 Å². The summed E-state index contributed by atoms with van der Waals surface area (Å²) in [6.07, 6.45) is 48.7. The number of hydrogen-bond acceptors (Lipinski definition) is 9. The van der Waals surface area contributed by atoms with Crippen molar-refractivity contribution < 1.29 is 47.8 Å². The number of carbonyl (C=O) groups is 2. The maximum Gasteiger partial charge on any atom is 0.472 e. The zero-order chi connectivity index (χ0) is 42.6. The molecule has 0 aliphatic heterocycles. The molecular weight excluding hydrogens is 755 g/mol. The summed E-state index contributed by atoms with van der Waals surface area (Å²) in [7, 11) is -4.65. The molecule has 0 saturated heterocycles. The summed E-state index contributed by atoms with van der Waals surface area (Å²) in [5, 5.41) is 19.2. The number of unbranched alkanes of at least 4 members (excludes halogenated alkanes) is 15. The summed E-state index contributed by atoms with van der Waals surface area (Å²) in [4.78, 5) is 34.6. The number of rotatable bonds is 41. The van der Waals surface area contributed by atoms with Crippen LogP contribution in [0.2, 0.25) is 0 Å². The van der Waals surface area contributed by atoms with E-state index in [-0.39, 0.29) is 12.8 Å². The van der Waals surface area contributed by atoms with Crippen LogP contribution in [0.15, 0.2) is 72.9 Å². The van der Waals surface area contributed by atoms with Gasteiger partial charge in [-0.15, -0.1) is 0 Å². The van der Waals surface area contributed by atoms with Gasteiger partial charge in [-0.1, -0.05) is 151 Å². The molecule has 0 aromatic heterocycles. The van der Waals surface area contributed by atoms with E-state index in [1.54, 1.807) is 0 Å². The van der Waals surface area contributed by atoms with E-state index in [9.17, 15) is 29.3 Å². The average molecular weight is 837 g/mol. The summed E-state index contributed by atoms with van der Waals surface area (Å²) < 4.78 is 32.6. The molecule has 0 aliphatic rings. The van der Waals surface area contributed by atoms with Crippen LogP contribution in [0.25, 0.3) is 0 Å². The standard InChI is InChI=1S/C47H81O10P/c1-3-5-7-9-11-13-15-17-19-21-22-23-25-27-29-31-33-35-37-39-47(51)57-45(41-49)43-55-58(52,53)54-42-44(40-48)56-46(50)38-36-34-32-30-28-26-24-20-18-16-14-12-10-8-6-4-2/h5,7,11,13-14,16-17,19-20,22-24,44-45,48-49H,3-4,6,8-10,12,15,18,21,25-43H2,1-2H3,(H,52,53)/b7-5-,13-11-,16-14-,19-17-,23-22-,24-20-. The van der Waals surface area contributed by atoms with Gasteiger partial charge in [-0.25, -0.2) is 4.57 Å². The molecule has 0 aromatic rings. The summed E-state index contributed by atoms with van der Waals surface area (Å²) in [6, 6.07) is 0. The normalized spacial score (nSPS) is 14.5. The van der Waals surface area contributed by atoms with E-state index in [0.717, 1.165) is 103 Å². The Morgan fingerprint density at radius 3 is 1.17 bits per heavy atom. The van der Waals surface area contributed by atoms with Crippen molar-refractivity contribution in [1.29, 1.82) is 0 Å². The van der Waals surface area contributed by atoms with Gasteiger partial charge in [0.25, 0.3) is 0 Å². The number of ether oxygens (including phenoxy) is 2. The molecule has 0 heterocycles. The highest BCUT2D eigenvalue weighted by molar-refractivity contribution is 7.47. The number of phosphoric ester groups is 1. The lowest BCUT2D eigenvalue weighted by atomic mass is 10.1. The highest BCUT2D eigenvalue weighted by Crippen LogP contribution is 2.43. The van der Waals surface area contributed by atoms with Crippen molar-refractivity contribution in [3.8, 4) is 0 Å². The van der Waals surface area contributed by atoms with Gasteiger partial charge >= 0.3 is 19.8 Å². The second-order valence-electron chi connectivity index (χ2n) is 14.6. The Hall–Kier alpha value is -2.59. The van der Waals surface area contributed by atoms with Gasteiger partial charge in [-0.05, 0) is 83.5 Å². The Kier molecular flexibility index (Phi) is 40.6. The Bertz CT molecular complexity index is 1190. The minimum atomic E-state index is -4.65. The van der Waals surface area contributed by atoms with Gasteiger partial charge in [0.05, 0.1) is 26.4 Å². The van der Waals surface area contributed by atoms with E-state index in [4.69, 9.17) is 18.5 Å². The molecule has 0 aromatic carbocycles. The molecule has 58 heavy (non-hydrogen) atoms. The van der Waals surface area contributed by atoms with E-state index in [1.807, 2.05) is 0 Å². The molecule has 334 valence electrons. The molecule has 0 saturated carbocycles. The first-order valence-electron chi connectivity index (χ1n) is 22.4. The average Bonchev–Trinajstić information content (AvgIpc) is 3.21. The largest absolute Gasteiger partial charge is 0.472 e. The lowest BCUT2D eigenvalue weighted by Gasteiger charge is -2.20. The topological polar surface area (TPSA) is 149 Å².